The zero-order valence-corrected chi connectivity index (χ0v) is 16.3. The number of ether oxygens (including phenoxy) is 1. The minimum absolute atomic E-state index is 0.0127. The molecule has 1 amide bonds. The van der Waals surface area contributed by atoms with Gasteiger partial charge in [-0.2, -0.15) is 12.6 Å². The Morgan fingerprint density at radius 1 is 1.30 bits per heavy atom. The third kappa shape index (κ3) is 11.0. The molecule has 0 aromatic carbocycles. The highest BCUT2D eigenvalue weighted by molar-refractivity contribution is 7.80. The SMILES string of the molecule is CCC(C)(CCOC(C)(CCCS)CCNC(C)=O)NC(C)O. The summed E-state index contributed by atoms with van der Waals surface area (Å²) in [4.78, 5) is 11.0. The summed E-state index contributed by atoms with van der Waals surface area (Å²) < 4.78 is 6.19. The highest BCUT2D eigenvalue weighted by Gasteiger charge is 2.27. The molecule has 23 heavy (non-hydrogen) atoms. The average molecular weight is 349 g/mol. The summed E-state index contributed by atoms with van der Waals surface area (Å²) in [6, 6.07) is 0. The maximum absolute atomic E-state index is 11.0. The lowest BCUT2D eigenvalue weighted by molar-refractivity contribution is -0.119. The molecule has 0 aliphatic carbocycles. The molecule has 138 valence electrons. The van der Waals surface area contributed by atoms with Crippen molar-refractivity contribution in [1.29, 1.82) is 0 Å². The number of carbonyl (C=O) groups is 1. The molecule has 0 aromatic rings. The van der Waals surface area contributed by atoms with Crippen LogP contribution in [0.5, 0.6) is 0 Å². The molecule has 0 bridgehead atoms. The molecular formula is C17H36N2O3S. The number of hydrogen-bond acceptors (Lipinski definition) is 5. The van der Waals surface area contributed by atoms with E-state index in [0.29, 0.717) is 13.2 Å². The van der Waals surface area contributed by atoms with Crippen LogP contribution in [0, 0.1) is 0 Å². The Hall–Kier alpha value is -0.300. The van der Waals surface area contributed by atoms with Crippen LogP contribution in [0.2, 0.25) is 0 Å². The second kappa shape index (κ2) is 11.3. The second-order valence-electron chi connectivity index (χ2n) is 6.84. The number of nitrogens with one attached hydrogen (secondary N) is 2. The number of carbonyl (C=O) groups excluding carboxylic acids is 1. The van der Waals surface area contributed by atoms with Crippen LogP contribution < -0.4 is 10.6 Å². The second-order valence-corrected chi connectivity index (χ2v) is 7.29. The number of aliphatic hydroxyl groups excluding tert-OH is 1. The van der Waals surface area contributed by atoms with Gasteiger partial charge in [-0.25, -0.2) is 0 Å². The quantitative estimate of drug-likeness (QED) is 0.305. The number of hydrogen-bond donors (Lipinski definition) is 4. The van der Waals surface area contributed by atoms with E-state index in [0.717, 1.165) is 37.9 Å². The fourth-order valence-electron chi connectivity index (χ4n) is 2.60. The summed E-state index contributed by atoms with van der Waals surface area (Å²) in [5.41, 5.74) is -0.402. The molecule has 0 rings (SSSR count). The Morgan fingerprint density at radius 2 is 1.96 bits per heavy atom. The molecule has 3 N–H and O–H groups in total. The maximum Gasteiger partial charge on any atom is 0.216 e. The van der Waals surface area contributed by atoms with E-state index in [1.54, 1.807) is 6.92 Å². The first-order chi connectivity index (χ1) is 10.7. The molecule has 0 saturated heterocycles. The Morgan fingerprint density at radius 3 is 2.43 bits per heavy atom. The minimum atomic E-state index is -0.532. The number of thiol groups is 1. The van der Waals surface area contributed by atoms with Crippen molar-refractivity contribution in [2.24, 2.45) is 0 Å². The Kier molecular flexibility index (Phi) is 11.1. The number of amides is 1. The highest BCUT2D eigenvalue weighted by Crippen LogP contribution is 2.24. The van der Waals surface area contributed by atoms with E-state index in [9.17, 15) is 9.90 Å². The van der Waals surface area contributed by atoms with Gasteiger partial charge in [-0.05, 0) is 58.6 Å². The van der Waals surface area contributed by atoms with Gasteiger partial charge >= 0.3 is 0 Å². The van der Waals surface area contributed by atoms with E-state index in [1.807, 2.05) is 0 Å². The van der Waals surface area contributed by atoms with Crippen LogP contribution in [-0.4, -0.2) is 47.3 Å². The Balaban J connectivity index is 4.48. The Bertz CT molecular complexity index is 342. The van der Waals surface area contributed by atoms with E-state index in [-0.39, 0.29) is 17.0 Å². The highest BCUT2D eigenvalue weighted by atomic mass is 32.1. The zero-order valence-electron chi connectivity index (χ0n) is 15.4. The van der Waals surface area contributed by atoms with Crippen LogP contribution in [0.15, 0.2) is 0 Å². The van der Waals surface area contributed by atoms with Crippen molar-refractivity contribution >= 4 is 18.5 Å². The molecular weight excluding hydrogens is 312 g/mol. The van der Waals surface area contributed by atoms with E-state index >= 15 is 0 Å². The lowest BCUT2D eigenvalue weighted by atomic mass is 9.93. The molecule has 0 aliphatic heterocycles. The standard InChI is InChI=1S/C17H36N2O3S/c1-6-16(4,19-15(3)21)10-12-22-17(5,8-7-13-23)9-11-18-14(2)20/h15,19,21,23H,6-13H2,1-5H3,(H,18,20). The molecule has 0 fully saturated rings. The fourth-order valence-corrected chi connectivity index (χ4v) is 2.76. The van der Waals surface area contributed by atoms with Gasteiger partial charge in [0.2, 0.25) is 5.91 Å². The van der Waals surface area contributed by atoms with Gasteiger partial charge in [0.05, 0.1) is 5.60 Å². The van der Waals surface area contributed by atoms with Crippen LogP contribution in [0.3, 0.4) is 0 Å². The van der Waals surface area contributed by atoms with Crippen molar-refractivity contribution in [3.05, 3.63) is 0 Å². The summed E-state index contributed by atoms with van der Waals surface area (Å²) in [5.74, 6) is 0.816. The normalized spacial score (nSPS) is 18.0. The Labute approximate surface area is 147 Å². The summed E-state index contributed by atoms with van der Waals surface area (Å²) >= 11 is 4.28. The third-order valence-corrected chi connectivity index (χ3v) is 4.65. The van der Waals surface area contributed by atoms with Crippen molar-refractivity contribution in [2.45, 2.75) is 84.1 Å². The van der Waals surface area contributed by atoms with E-state index < -0.39 is 6.23 Å². The lowest BCUT2D eigenvalue weighted by Crippen LogP contribution is -2.48. The lowest BCUT2D eigenvalue weighted by Gasteiger charge is -2.35. The van der Waals surface area contributed by atoms with Gasteiger partial charge in [-0.15, -0.1) is 0 Å². The van der Waals surface area contributed by atoms with Gasteiger partial charge in [0.1, 0.15) is 6.23 Å². The molecule has 0 aromatic heterocycles. The van der Waals surface area contributed by atoms with Crippen LogP contribution in [-0.2, 0) is 9.53 Å². The van der Waals surface area contributed by atoms with Crippen molar-refractivity contribution in [3.8, 4) is 0 Å². The molecule has 0 heterocycles. The molecule has 3 atom stereocenters. The largest absolute Gasteiger partial charge is 0.379 e. The first-order valence-corrected chi connectivity index (χ1v) is 9.24. The topological polar surface area (TPSA) is 70.6 Å². The maximum atomic E-state index is 11.0. The van der Waals surface area contributed by atoms with Gasteiger partial charge in [0.15, 0.2) is 0 Å². The average Bonchev–Trinajstić information content (AvgIpc) is 2.44. The van der Waals surface area contributed by atoms with Crippen molar-refractivity contribution in [3.63, 3.8) is 0 Å². The predicted molar refractivity (Wildman–Crippen MR) is 98.9 cm³/mol. The van der Waals surface area contributed by atoms with Gasteiger partial charge < -0.3 is 15.2 Å². The minimum Gasteiger partial charge on any atom is -0.379 e. The summed E-state index contributed by atoms with van der Waals surface area (Å²) in [6.45, 7) is 10.8. The molecule has 0 spiro atoms. The smallest absolute Gasteiger partial charge is 0.216 e. The van der Waals surface area contributed by atoms with Crippen LogP contribution in [0.1, 0.15) is 66.7 Å². The number of aliphatic hydroxyl groups is 1. The molecule has 0 saturated carbocycles. The third-order valence-electron chi connectivity index (χ3n) is 4.33. The zero-order chi connectivity index (χ0) is 17.9. The monoisotopic (exact) mass is 348 g/mol. The molecule has 5 nitrogen and oxygen atoms in total. The van der Waals surface area contributed by atoms with Gasteiger partial charge in [0, 0.05) is 25.6 Å². The van der Waals surface area contributed by atoms with Gasteiger partial charge in [-0.1, -0.05) is 6.92 Å². The van der Waals surface area contributed by atoms with E-state index in [2.05, 4.69) is 44.0 Å². The number of rotatable bonds is 13. The van der Waals surface area contributed by atoms with Crippen LogP contribution in [0.4, 0.5) is 0 Å². The molecule has 0 aliphatic rings. The fraction of sp³-hybridized carbons (Fsp3) is 0.941. The van der Waals surface area contributed by atoms with Crippen molar-refractivity contribution in [1.82, 2.24) is 10.6 Å². The summed E-state index contributed by atoms with van der Waals surface area (Å²) in [7, 11) is 0. The first-order valence-electron chi connectivity index (χ1n) is 8.61. The van der Waals surface area contributed by atoms with E-state index in [1.165, 1.54) is 6.92 Å². The van der Waals surface area contributed by atoms with E-state index in [4.69, 9.17) is 4.74 Å². The predicted octanol–water partition coefficient (Wildman–Crippen LogP) is 2.48. The molecule has 3 unspecified atom stereocenters. The van der Waals surface area contributed by atoms with Crippen LogP contribution >= 0.6 is 12.6 Å². The molecule has 0 radical (unpaired) electrons. The summed E-state index contributed by atoms with van der Waals surface area (Å²) in [6.07, 6.45) is 3.90. The van der Waals surface area contributed by atoms with Crippen molar-refractivity contribution < 1.29 is 14.6 Å². The summed E-state index contributed by atoms with van der Waals surface area (Å²) in [5, 5.41) is 15.6. The molecule has 6 heteroatoms. The van der Waals surface area contributed by atoms with Crippen molar-refractivity contribution in [2.75, 3.05) is 18.9 Å². The van der Waals surface area contributed by atoms with Gasteiger partial charge in [-0.3, -0.25) is 10.1 Å². The van der Waals surface area contributed by atoms with Crippen LogP contribution in [0.25, 0.3) is 0 Å². The first kappa shape index (κ1) is 22.7. The van der Waals surface area contributed by atoms with Gasteiger partial charge in [0.25, 0.3) is 0 Å².